The van der Waals surface area contributed by atoms with Crippen molar-refractivity contribution in [3.8, 4) is 0 Å². The van der Waals surface area contributed by atoms with E-state index in [1.165, 1.54) is 0 Å². The van der Waals surface area contributed by atoms with Crippen molar-refractivity contribution >= 4 is 24.3 Å². The maximum Gasteiger partial charge on any atom is 0.304 e. The first-order valence-corrected chi connectivity index (χ1v) is 6.60. The molecule has 112 valence electrons. The van der Waals surface area contributed by atoms with Gasteiger partial charge in [-0.1, -0.05) is 13.8 Å². The molecular formula is C13H25ClN2O3. The molecule has 1 amide bonds. The van der Waals surface area contributed by atoms with Crippen molar-refractivity contribution in [3.05, 3.63) is 0 Å². The number of likely N-dealkylation sites (N-methyl/N-ethyl adjacent to an activating group) is 1. The van der Waals surface area contributed by atoms with Gasteiger partial charge in [0, 0.05) is 19.1 Å². The molecule has 1 aliphatic carbocycles. The number of carbonyl (C=O) groups excluding carboxylic acids is 1. The molecule has 0 heterocycles. The minimum absolute atomic E-state index is 0. The van der Waals surface area contributed by atoms with Gasteiger partial charge in [0.1, 0.15) is 0 Å². The molecule has 0 bridgehead atoms. The number of halogens is 1. The summed E-state index contributed by atoms with van der Waals surface area (Å²) in [6.45, 7) is 5.75. The molecule has 0 radical (unpaired) electrons. The van der Waals surface area contributed by atoms with E-state index in [-0.39, 0.29) is 24.7 Å². The van der Waals surface area contributed by atoms with E-state index in [0.29, 0.717) is 25.0 Å². The van der Waals surface area contributed by atoms with Crippen LogP contribution in [-0.2, 0) is 9.59 Å². The molecule has 5 nitrogen and oxygen atoms in total. The van der Waals surface area contributed by atoms with Crippen LogP contribution in [0.4, 0.5) is 0 Å². The Hall–Kier alpha value is -0.810. The summed E-state index contributed by atoms with van der Waals surface area (Å²) in [6, 6.07) is 0.424. The Bertz CT molecular complexity index is 306. The van der Waals surface area contributed by atoms with Gasteiger partial charge in [0.25, 0.3) is 0 Å². The normalized spacial score (nSPS) is 14.4. The van der Waals surface area contributed by atoms with E-state index in [1.807, 2.05) is 4.90 Å². The molecule has 1 N–H and O–H groups in total. The third-order valence-electron chi connectivity index (χ3n) is 2.98. The Labute approximate surface area is 121 Å². The summed E-state index contributed by atoms with van der Waals surface area (Å²) in [5.41, 5.74) is 0. The van der Waals surface area contributed by atoms with E-state index in [1.54, 1.807) is 11.9 Å². The minimum atomic E-state index is -0.824. The highest BCUT2D eigenvalue weighted by Gasteiger charge is 2.32. The Morgan fingerprint density at radius 2 is 1.89 bits per heavy atom. The van der Waals surface area contributed by atoms with Gasteiger partial charge >= 0.3 is 5.97 Å². The number of rotatable bonds is 8. The van der Waals surface area contributed by atoms with Gasteiger partial charge in [0.05, 0.1) is 13.0 Å². The molecule has 0 aromatic carbocycles. The number of aliphatic carboxylic acids is 1. The lowest BCUT2D eigenvalue weighted by molar-refractivity contribution is -0.138. The SMILES string of the molecule is CC(C)CN(C(=O)CN(C)CCC(=O)O)C1CC1.Cl. The van der Waals surface area contributed by atoms with Crippen LogP contribution in [0.5, 0.6) is 0 Å². The zero-order valence-electron chi connectivity index (χ0n) is 12.0. The van der Waals surface area contributed by atoms with E-state index < -0.39 is 5.97 Å². The summed E-state index contributed by atoms with van der Waals surface area (Å²) in [5.74, 6) is -0.228. The summed E-state index contributed by atoms with van der Waals surface area (Å²) in [4.78, 5) is 26.4. The molecule has 6 heteroatoms. The number of hydrogen-bond acceptors (Lipinski definition) is 3. The van der Waals surface area contributed by atoms with Crippen LogP contribution >= 0.6 is 12.4 Å². The molecular weight excluding hydrogens is 268 g/mol. The smallest absolute Gasteiger partial charge is 0.304 e. The van der Waals surface area contributed by atoms with E-state index in [2.05, 4.69) is 13.8 Å². The first-order chi connectivity index (χ1) is 8.40. The lowest BCUT2D eigenvalue weighted by Crippen LogP contribution is -2.42. The van der Waals surface area contributed by atoms with Gasteiger partial charge < -0.3 is 10.0 Å². The Morgan fingerprint density at radius 3 is 2.32 bits per heavy atom. The van der Waals surface area contributed by atoms with Gasteiger partial charge in [-0.3, -0.25) is 14.5 Å². The minimum Gasteiger partial charge on any atom is -0.481 e. The van der Waals surface area contributed by atoms with E-state index in [4.69, 9.17) is 5.11 Å². The maximum absolute atomic E-state index is 12.2. The number of carboxylic acid groups (broad SMARTS) is 1. The highest BCUT2D eigenvalue weighted by atomic mass is 35.5. The average molecular weight is 293 g/mol. The fourth-order valence-corrected chi connectivity index (χ4v) is 1.92. The monoisotopic (exact) mass is 292 g/mol. The molecule has 1 aliphatic rings. The predicted molar refractivity (Wildman–Crippen MR) is 76.6 cm³/mol. The summed E-state index contributed by atoms with van der Waals surface area (Å²) in [7, 11) is 1.79. The third kappa shape index (κ3) is 7.38. The standard InChI is InChI=1S/C13H24N2O3.ClH/c1-10(2)8-15(11-4-5-11)12(16)9-14(3)7-6-13(17)18;/h10-11H,4-9H2,1-3H3,(H,17,18);1H. The van der Waals surface area contributed by atoms with Crippen LogP contribution < -0.4 is 0 Å². The van der Waals surface area contributed by atoms with E-state index in [0.717, 1.165) is 19.4 Å². The number of carbonyl (C=O) groups is 2. The largest absolute Gasteiger partial charge is 0.481 e. The zero-order chi connectivity index (χ0) is 13.7. The fraction of sp³-hybridized carbons (Fsp3) is 0.846. The van der Waals surface area contributed by atoms with E-state index >= 15 is 0 Å². The molecule has 1 fully saturated rings. The van der Waals surface area contributed by atoms with Gasteiger partial charge in [-0.05, 0) is 25.8 Å². The number of amides is 1. The average Bonchev–Trinajstić information content (AvgIpc) is 3.06. The highest BCUT2D eigenvalue weighted by Crippen LogP contribution is 2.27. The highest BCUT2D eigenvalue weighted by molar-refractivity contribution is 5.85. The second-order valence-corrected chi connectivity index (χ2v) is 5.55. The van der Waals surface area contributed by atoms with E-state index in [9.17, 15) is 9.59 Å². The Kier molecular flexibility index (Phi) is 8.02. The van der Waals surface area contributed by atoms with Crippen LogP contribution in [0, 0.1) is 5.92 Å². The van der Waals surface area contributed by atoms with Gasteiger partial charge in [-0.25, -0.2) is 0 Å². The van der Waals surface area contributed by atoms with Gasteiger partial charge in [-0.2, -0.15) is 0 Å². The topological polar surface area (TPSA) is 60.9 Å². The maximum atomic E-state index is 12.2. The van der Waals surface area contributed by atoms with Crippen LogP contribution in [0.3, 0.4) is 0 Å². The first kappa shape index (κ1) is 18.2. The fourth-order valence-electron chi connectivity index (χ4n) is 1.92. The van der Waals surface area contributed by atoms with Crippen LogP contribution in [0.2, 0.25) is 0 Å². The van der Waals surface area contributed by atoms with Crippen molar-refractivity contribution in [3.63, 3.8) is 0 Å². The molecule has 0 aromatic heterocycles. The second-order valence-electron chi connectivity index (χ2n) is 5.55. The number of hydrogen-bond donors (Lipinski definition) is 1. The molecule has 0 aliphatic heterocycles. The number of carboxylic acids is 1. The van der Waals surface area contributed by atoms with Gasteiger partial charge in [-0.15, -0.1) is 12.4 Å². The summed E-state index contributed by atoms with van der Waals surface area (Å²) >= 11 is 0. The summed E-state index contributed by atoms with van der Waals surface area (Å²) in [6.07, 6.45) is 2.30. The quantitative estimate of drug-likeness (QED) is 0.736. The van der Waals surface area contributed by atoms with Crippen molar-refractivity contribution in [1.82, 2.24) is 9.80 Å². The molecule has 0 unspecified atom stereocenters. The van der Waals surface area contributed by atoms with Crippen molar-refractivity contribution in [2.45, 2.75) is 39.2 Å². The summed E-state index contributed by atoms with van der Waals surface area (Å²) < 4.78 is 0. The molecule has 19 heavy (non-hydrogen) atoms. The molecule has 1 saturated carbocycles. The number of nitrogens with zero attached hydrogens (tertiary/aromatic N) is 2. The zero-order valence-corrected chi connectivity index (χ0v) is 12.8. The van der Waals surface area contributed by atoms with Gasteiger partial charge in [0.15, 0.2) is 0 Å². The Balaban J connectivity index is 0.00000324. The predicted octanol–water partition coefficient (Wildman–Crippen LogP) is 1.46. The van der Waals surface area contributed by atoms with Crippen LogP contribution in [0.15, 0.2) is 0 Å². The summed E-state index contributed by atoms with van der Waals surface area (Å²) in [5, 5.41) is 8.60. The molecule has 0 spiro atoms. The molecule has 0 atom stereocenters. The van der Waals surface area contributed by atoms with Gasteiger partial charge in [0.2, 0.25) is 5.91 Å². The van der Waals surface area contributed by atoms with Crippen molar-refractivity contribution in [2.24, 2.45) is 5.92 Å². The lowest BCUT2D eigenvalue weighted by Gasteiger charge is -2.26. The van der Waals surface area contributed by atoms with Crippen LogP contribution in [0.25, 0.3) is 0 Å². The third-order valence-corrected chi connectivity index (χ3v) is 2.98. The van der Waals surface area contributed by atoms with Crippen molar-refractivity contribution in [1.29, 1.82) is 0 Å². The molecule has 0 saturated heterocycles. The van der Waals surface area contributed by atoms with Crippen molar-refractivity contribution in [2.75, 3.05) is 26.7 Å². The van der Waals surface area contributed by atoms with Crippen molar-refractivity contribution < 1.29 is 14.7 Å². The molecule has 1 rings (SSSR count). The Morgan fingerprint density at radius 1 is 1.32 bits per heavy atom. The van der Waals surface area contributed by atoms with Crippen LogP contribution in [-0.4, -0.2) is 59.5 Å². The van der Waals surface area contributed by atoms with Crippen LogP contribution in [0.1, 0.15) is 33.1 Å². The second kappa shape index (κ2) is 8.38. The lowest BCUT2D eigenvalue weighted by atomic mass is 10.2. The first-order valence-electron chi connectivity index (χ1n) is 6.60. The molecule has 0 aromatic rings.